The Morgan fingerprint density at radius 2 is 2.21 bits per heavy atom. The summed E-state index contributed by atoms with van der Waals surface area (Å²) in [6.45, 7) is 9.19. The fourth-order valence-electron chi connectivity index (χ4n) is 3.99. The van der Waals surface area contributed by atoms with Crippen LogP contribution >= 0.6 is 0 Å². The van der Waals surface area contributed by atoms with Crippen molar-refractivity contribution in [2.24, 2.45) is 7.05 Å². The van der Waals surface area contributed by atoms with Crippen LogP contribution in [0.15, 0.2) is 36.8 Å². The molecule has 3 aromatic rings. The molecule has 0 saturated carbocycles. The third-order valence-corrected chi connectivity index (χ3v) is 5.66. The Hall–Kier alpha value is -2.71. The fraction of sp³-hybridized carbons (Fsp3) is 0.476. The zero-order valence-corrected chi connectivity index (χ0v) is 17.5. The first-order valence-electron chi connectivity index (χ1n) is 10.0. The van der Waals surface area contributed by atoms with Gasteiger partial charge in [0.25, 0.3) is 0 Å². The molecular formula is C21H29N7O. The molecule has 2 N–H and O–H groups in total. The predicted octanol–water partition coefficient (Wildman–Crippen LogP) is 1.20. The average Bonchev–Trinajstić information content (AvgIpc) is 3.29. The van der Waals surface area contributed by atoms with Crippen LogP contribution in [0.5, 0.6) is 0 Å². The molecule has 4 heterocycles. The van der Waals surface area contributed by atoms with Crippen LogP contribution < -0.4 is 10.6 Å². The average molecular weight is 396 g/mol. The lowest BCUT2D eigenvalue weighted by atomic mass is 10.0. The highest BCUT2D eigenvalue weighted by molar-refractivity contribution is 5.83. The van der Waals surface area contributed by atoms with Gasteiger partial charge in [0.15, 0.2) is 0 Å². The van der Waals surface area contributed by atoms with Crippen molar-refractivity contribution in [2.45, 2.75) is 38.9 Å². The van der Waals surface area contributed by atoms with Crippen LogP contribution in [0.2, 0.25) is 0 Å². The summed E-state index contributed by atoms with van der Waals surface area (Å²) in [5, 5.41) is 10.8. The summed E-state index contributed by atoms with van der Waals surface area (Å²) in [6, 6.07) is 5.83. The molecule has 1 fully saturated rings. The minimum Gasteiger partial charge on any atom is -0.343 e. The Bertz CT molecular complexity index is 1020. The number of aryl methyl sites for hydroxylation is 2. The third-order valence-electron chi connectivity index (χ3n) is 5.66. The topological polar surface area (TPSA) is 79.5 Å². The number of fused-ring (bicyclic) bond motifs is 1. The van der Waals surface area contributed by atoms with E-state index in [2.05, 4.69) is 43.0 Å². The van der Waals surface area contributed by atoms with E-state index in [0.717, 1.165) is 42.2 Å². The van der Waals surface area contributed by atoms with Crippen molar-refractivity contribution < 1.29 is 4.79 Å². The molecule has 1 aliphatic rings. The Morgan fingerprint density at radius 3 is 2.97 bits per heavy atom. The Kier molecular flexibility index (Phi) is 5.14. The van der Waals surface area contributed by atoms with Gasteiger partial charge in [-0.2, -0.15) is 5.10 Å². The monoisotopic (exact) mass is 395 g/mol. The van der Waals surface area contributed by atoms with Crippen LogP contribution in [0.1, 0.15) is 30.9 Å². The van der Waals surface area contributed by atoms with Gasteiger partial charge in [0.1, 0.15) is 5.82 Å². The van der Waals surface area contributed by atoms with Crippen LogP contribution in [0, 0.1) is 6.92 Å². The number of rotatable bonds is 5. The number of hydrogen-bond donors (Lipinski definition) is 2. The molecule has 0 aromatic carbocycles. The molecule has 4 rings (SSSR count). The number of imidazole rings is 1. The normalized spacial score (nSPS) is 18.3. The van der Waals surface area contributed by atoms with Gasteiger partial charge < -0.3 is 15.0 Å². The first kappa shape index (κ1) is 19.6. The number of piperazine rings is 1. The van der Waals surface area contributed by atoms with Gasteiger partial charge >= 0.3 is 0 Å². The fourth-order valence-corrected chi connectivity index (χ4v) is 3.99. The molecule has 1 amide bonds. The Balaban J connectivity index is 1.46. The quantitative estimate of drug-likeness (QED) is 0.679. The molecular weight excluding hydrogens is 366 g/mol. The molecule has 3 aromatic heterocycles. The Morgan fingerprint density at radius 1 is 1.38 bits per heavy atom. The van der Waals surface area contributed by atoms with E-state index in [1.807, 2.05) is 50.1 Å². The molecule has 154 valence electrons. The van der Waals surface area contributed by atoms with Crippen LogP contribution in [0.3, 0.4) is 0 Å². The van der Waals surface area contributed by atoms with Gasteiger partial charge in [0.2, 0.25) is 5.91 Å². The molecule has 29 heavy (non-hydrogen) atoms. The largest absolute Gasteiger partial charge is 0.343 e. The lowest BCUT2D eigenvalue weighted by Gasteiger charge is -2.35. The van der Waals surface area contributed by atoms with E-state index in [0.29, 0.717) is 6.54 Å². The molecule has 0 bridgehead atoms. The van der Waals surface area contributed by atoms with E-state index >= 15 is 0 Å². The van der Waals surface area contributed by atoms with Crippen molar-refractivity contribution >= 4 is 11.4 Å². The lowest BCUT2D eigenvalue weighted by molar-refractivity contribution is -0.126. The van der Waals surface area contributed by atoms with E-state index < -0.39 is 5.54 Å². The van der Waals surface area contributed by atoms with Gasteiger partial charge in [0.05, 0.1) is 29.0 Å². The van der Waals surface area contributed by atoms with E-state index in [9.17, 15) is 4.79 Å². The number of amides is 1. The SMILES string of the molecule is Cc1cccn2c(C(C)(C)NC(=O)[C@@H]3CN(Cc4ccnn4C)CCN3)ncc12. The van der Waals surface area contributed by atoms with E-state index in [1.54, 1.807) is 6.20 Å². The first-order chi connectivity index (χ1) is 13.8. The van der Waals surface area contributed by atoms with Gasteiger partial charge in [-0.05, 0) is 38.5 Å². The molecule has 0 radical (unpaired) electrons. The van der Waals surface area contributed by atoms with E-state index in [-0.39, 0.29) is 11.9 Å². The van der Waals surface area contributed by atoms with Crippen molar-refractivity contribution in [3.8, 4) is 0 Å². The van der Waals surface area contributed by atoms with Crippen molar-refractivity contribution in [3.63, 3.8) is 0 Å². The Labute approximate surface area is 170 Å². The number of hydrogen-bond acceptors (Lipinski definition) is 5. The second-order valence-electron chi connectivity index (χ2n) is 8.33. The minimum atomic E-state index is -0.594. The van der Waals surface area contributed by atoms with Gasteiger partial charge in [-0.15, -0.1) is 0 Å². The van der Waals surface area contributed by atoms with Crippen molar-refractivity contribution in [1.82, 2.24) is 34.7 Å². The zero-order valence-electron chi connectivity index (χ0n) is 17.5. The molecule has 1 atom stereocenters. The third kappa shape index (κ3) is 3.90. The number of pyridine rings is 1. The smallest absolute Gasteiger partial charge is 0.239 e. The second kappa shape index (κ2) is 7.61. The summed E-state index contributed by atoms with van der Waals surface area (Å²) < 4.78 is 3.93. The maximum absolute atomic E-state index is 13.1. The molecule has 1 saturated heterocycles. The highest BCUT2D eigenvalue weighted by atomic mass is 16.2. The standard InChI is InChI=1S/C21H29N7O/c1-15-6-5-10-28-18(15)12-23-20(28)21(2,3)25-19(29)17-14-27(11-9-22-17)13-16-7-8-24-26(16)4/h5-8,10,12,17,22H,9,11,13-14H2,1-4H3,(H,25,29)/t17-/m0/s1. The number of nitrogens with zero attached hydrogens (tertiary/aromatic N) is 5. The van der Waals surface area contributed by atoms with Crippen molar-refractivity contribution in [1.29, 1.82) is 0 Å². The van der Waals surface area contributed by atoms with Gasteiger partial charge in [0, 0.05) is 45.6 Å². The summed E-state index contributed by atoms with van der Waals surface area (Å²) in [4.78, 5) is 20.0. The molecule has 8 nitrogen and oxygen atoms in total. The number of carbonyl (C=O) groups excluding carboxylic acids is 1. The van der Waals surface area contributed by atoms with Crippen molar-refractivity contribution in [3.05, 3.63) is 53.9 Å². The van der Waals surface area contributed by atoms with Crippen LogP contribution in [0.4, 0.5) is 0 Å². The molecule has 0 aliphatic carbocycles. The van der Waals surface area contributed by atoms with Gasteiger partial charge in [-0.1, -0.05) is 6.07 Å². The summed E-state index contributed by atoms with van der Waals surface area (Å²) in [7, 11) is 1.95. The second-order valence-corrected chi connectivity index (χ2v) is 8.33. The van der Waals surface area contributed by atoms with Crippen LogP contribution in [0.25, 0.3) is 5.52 Å². The maximum atomic E-state index is 13.1. The summed E-state index contributed by atoms with van der Waals surface area (Å²) in [6.07, 6.45) is 5.67. The van der Waals surface area contributed by atoms with Gasteiger partial charge in [-0.25, -0.2) is 4.98 Å². The molecule has 0 unspecified atom stereocenters. The number of aromatic nitrogens is 4. The van der Waals surface area contributed by atoms with Crippen LogP contribution in [-0.4, -0.2) is 55.6 Å². The molecule has 8 heteroatoms. The highest BCUT2D eigenvalue weighted by Crippen LogP contribution is 2.22. The number of nitrogens with one attached hydrogen (secondary N) is 2. The summed E-state index contributed by atoms with van der Waals surface area (Å²) >= 11 is 0. The van der Waals surface area contributed by atoms with Gasteiger partial charge in [-0.3, -0.25) is 14.4 Å². The first-order valence-corrected chi connectivity index (χ1v) is 10.0. The number of carbonyl (C=O) groups is 1. The minimum absolute atomic E-state index is 0.00545. The summed E-state index contributed by atoms with van der Waals surface area (Å²) in [5.41, 5.74) is 2.77. The highest BCUT2D eigenvalue weighted by Gasteiger charge is 2.32. The molecule has 0 spiro atoms. The molecule has 1 aliphatic heterocycles. The predicted molar refractivity (Wildman–Crippen MR) is 111 cm³/mol. The van der Waals surface area contributed by atoms with Crippen molar-refractivity contribution in [2.75, 3.05) is 19.6 Å². The van der Waals surface area contributed by atoms with E-state index in [1.165, 1.54) is 0 Å². The summed E-state index contributed by atoms with van der Waals surface area (Å²) in [5.74, 6) is 0.821. The zero-order chi connectivity index (χ0) is 20.6. The van der Waals surface area contributed by atoms with Crippen LogP contribution in [-0.2, 0) is 23.9 Å². The van der Waals surface area contributed by atoms with E-state index in [4.69, 9.17) is 0 Å². The lowest BCUT2D eigenvalue weighted by Crippen LogP contribution is -2.59. The maximum Gasteiger partial charge on any atom is 0.239 e.